The molecule has 0 unspecified atom stereocenters. The summed E-state index contributed by atoms with van der Waals surface area (Å²) in [5.41, 5.74) is 0.469. The quantitative estimate of drug-likeness (QED) is 0.612. The molecule has 0 atom stereocenters. The number of aromatic nitrogens is 3. The molecule has 0 aliphatic carbocycles. The van der Waals surface area contributed by atoms with Crippen LogP contribution in [0, 0.1) is 0 Å². The lowest BCUT2D eigenvalue weighted by Crippen LogP contribution is -2.25. The van der Waals surface area contributed by atoms with Crippen LogP contribution in [-0.4, -0.2) is 33.0 Å². The van der Waals surface area contributed by atoms with Crippen LogP contribution in [0.4, 0.5) is 8.78 Å². The van der Waals surface area contributed by atoms with E-state index in [1.165, 1.54) is 28.5 Å². The van der Waals surface area contributed by atoms with Gasteiger partial charge in [-0.3, -0.25) is 9.36 Å². The van der Waals surface area contributed by atoms with Gasteiger partial charge < -0.3 is 10.1 Å². The molecular weight excluding hydrogens is 366 g/mol. The predicted octanol–water partition coefficient (Wildman–Crippen LogP) is 2.38. The Morgan fingerprint density at radius 3 is 2.77 bits per heavy atom. The van der Waals surface area contributed by atoms with Crippen molar-refractivity contribution in [3.05, 3.63) is 40.3 Å². The second-order valence-corrected chi connectivity index (χ2v) is 6.35. The van der Waals surface area contributed by atoms with Crippen molar-refractivity contribution in [2.75, 3.05) is 5.75 Å². The number of aromatic amines is 1. The zero-order valence-electron chi connectivity index (χ0n) is 14.2. The van der Waals surface area contributed by atoms with Crippen molar-refractivity contribution < 1.29 is 18.3 Å². The lowest BCUT2D eigenvalue weighted by Gasteiger charge is -2.08. The molecule has 7 nitrogen and oxygen atoms in total. The number of carbonyl (C=O) groups is 1. The third-order valence-electron chi connectivity index (χ3n) is 3.43. The van der Waals surface area contributed by atoms with Crippen molar-refractivity contribution in [2.24, 2.45) is 0 Å². The number of rotatable bonds is 10. The van der Waals surface area contributed by atoms with Crippen molar-refractivity contribution in [1.82, 2.24) is 20.1 Å². The molecule has 2 N–H and O–H groups in total. The third-order valence-corrected chi connectivity index (χ3v) is 4.41. The molecule has 0 saturated heterocycles. The number of alkyl halides is 2. The first-order valence-electron chi connectivity index (χ1n) is 8.08. The molecule has 0 aliphatic rings. The number of nitrogens with one attached hydrogen (secondary N) is 2. The summed E-state index contributed by atoms with van der Waals surface area (Å²) >= 11 is 1.18. The van der Waals surface area contributed by atoms with Crippen molar-refractivity contribution in [1.29, 1.82) is 0 Å². The van der Waals surface area contributed by atoms with Crippen LogP contribution in [0.5, 0.6) is 5.75 Å². The number of H-pyrrole nitrogens is 1. The molecule has 0 fully saturated rings. The third kappa shape index (κ3) is 6.17. The van der Waals surface area contributed by atoms with Crippen molar-refractivity contribution in [3.8, 4) is 5.75 Å². The van der Waals surface area contributed by atoms with E-state index in [9.17, 15) is 18.4 Å². The van der Waals surface area contributed by atoms with Gasteiger partial charge in [0.1, 0.15) is 5.75 Å². The topological polar surface area (TPSA) is 89.0 Å². The predicted molar refractivity (Wildman–Crippen MR) is 93.4 cm³/mol. The number of unbranched alkanes of at least 4 members (excludes halogenated alkanes) is 1. The number of nitrogens with zero attached hydrogens (tertiary/aromatic N) is 2. The summed E-state index contributed by atoms with van der Waals surface area (Å²) in [7, 11) is 0. The maximum atomic E-state index is 12.1. The highest BCUT2D eigenvalue weighted by atomic mass is 32.2. The Balaban J connectivity index is 1.80. The standard InChI is InChI=1S/C16H20F2N4O3S/c1-2-3-8-22-15(24)20-21-16(22)26-10-13(23)19-9-11-4-6-12(7-5-11)25-14(17)18/h4-7,14H,2-3,8-10H2,1H3,(H,19,23)(H,20,24). The summed E-state index contributed by atoms with van der Waals surface area (Å²) in [6.45, 7) is -0.0212. The summed E-state index contributed by atoms with van der Waals surface area (Å²) in [5.74, 6) is -0.0437. The maximum Gasteiger partial charge on any atom is 0.387 e. The van der Waals surface area contributed by atoms with E-state index >= 15 is 0 Å². The summed E-state index contributed by atoms with van der Waals surface area (Å²) in [4.78, 5) is 23.6. The van der Waals surface area contributed by atoms with Gasteiger partial charge in [0.15, 0.2) is 5.16 Å². The molecule has 0 spiro atoms. The molecule has 1 aromatic carbocycles. The van der Waals surface area contributed by atoms with Gasteiger partial charge in [-0.15, -0.1) is 5.10 Å². The van der Waals surface area contributed by atoms with E-state index in [0.717, 1.165) is 18.4 Å². The monoisotopic (exact) mass is 386 g/mol. The lowest BCUT2D eigenvalue weighted by atomic mass is 10.2. The molecule has 26 heavy (non-hydrogen) atoms. The van der Waals surface area contributed by atoms with Crippen LogP contribution < -0.4 is 15.7 Å². The number of carbonyl (C=O) groups excluding carboxylic acids is 1. The molecule has 1 amide bonds. The van der Waals surface area contributed by atoms with E-state index in [-0.39, 0.29) is 29.6 Å². The van der Waals surface area contributed by atoms with E-state index < -0.39 is 6.61 Å². The van der Waals surface area contributed by atoms with E-state index in [4.69, 9.17) is 0 Å². The van der Waals surface area contributed by atoms with E-state index in [1.54, 1.807) is 12.1 Å². The number of thioether (sulfide) groups is 1. The van der Waals surface area contributed by atoms with Crippen LogP contribution in [0.25, 0.3) is 0 Å². The minimum Gasteiger partial charge on any atom is -0.435 e. The van der Waals surface area contributed by atoms with Crippen LogP contribution in [0.15, 0.2) is 34.2 Å². The first kappa shape index (κ1) is 20.0. The van der Waals surface area contributed by atoms with Gasteiger partial charge in [-0.25, -0.2) is 9.89 Å². The highest BCUT2D eigenvalue weighted by Crippen LogP contribution is 2.15. The minimum atomic E-state index is -2.87. The fourth-order valence-electron chi connectivity index (χ4n) is 2.10. The number of amides is 1. The summed E-state index contributed by atoms with van der Waals surface area (Å²) < 4.78 is 30.0. The smallest absolute Gasteiger partial charge is 0.387 e. The number of hydrogen-bond donors (Lipinski definition) is 2. The highest BCUT2D eigenvalue weighted by Gasteiger charge is 2.11. The lowest BCUT2D eigenvalue weighted by molar-refractivity contribution is -0.118. The molecule has 0 saturated carbocycles. The van der Waals surface area contributed by atoms with Crippen LogP contribution >= 0.6 is 11.8 Å². The van der Waals surface area contributed by atoms with Crippen LogP contribution in [0.1, 0.15) is 25.3 Å². The van der Waals surface area contributed by atoms with Gasteiger partial charge in [-0.1, -0.05) is 37.2 Å². The Morgan fingerprint density at radius 1 is 1.38 bits per heavy atom. The molecule has 0 radical (unpaired) electrons. The Hall–Kier alpha value is -2.36. The normalized spacial score (nSPS) is 10.9. The summed E-state index contributed by atoms with van der Waals surface area (Å²) in [6, 6.07) is 6.03. The number of halogens is 2. The van der Waals surface area contributed by atoms with Crippen molar-refractivity contribution in [3.63, 3.8) is 0 Å². The SMILES string of the molecule is CCCCn1c(SCC(=O)NCc2ccc(OC(F)F)cc2)n[nH]c1=O. The highest BCUT2D eigenvalue weighted by molar-refractivity contribution is 7.99. The summed E-state index contributed by atoms with van der Waals surface area (Å²) in [6.07, 6.45) is 1.80. The van der Waals surface area contributed by atoms with Gasteiger partial charge in [0.25, 0.3) is 0 Å². The van der Waals surface area contributed by atoms with Crippen molar-refractivity contribution in [2.45, 2.75) is 44.6 Å². The van der Waals surface area contributed by atoms with Gasteiger partial charge in [0.2, 0.25) is 5.91 Å². The Kier molecular flexibility index (Phi) is 7.64. The van der Waals surface area contributed by atoms with E-state index in [0.29, 0.717) is 11.7 Å². The molecule has 2 aromatic rings. The number of ether oxygens (including phenoxy) is 1. The number of hydrogen-bond acceptors (Lipinski definition) is 5. The molecule has 1 aromatic heterocycles. The zero-order chi connectivity index (χ0) is 18.9. The van der Waals surface area contributed by atoms with Gasteiger partial charge in [-0.2, -0.15) is 8.78 Å². The van der Waals surface area contributed by atoms with Crippen molar-refractivity contribution >= 4 is 17.7 Å². The van der Waals surface area contributed by atoms with Gasteiger partial charge >= 0.3 is 12.3 Å². The molecule has 2 rings (SSSR count). The van der Waals surface area contributed by atoms with E-state index in [2.05, 4.69) is 20.3 Å². The average Bonchev–Trinajstić information content (AvgIpc) is 2.97. The molecule has 142 valence electrons. The van der Waals surface area contributed by atoms with Crippen LogP contribution in [0.3, 0.4) is 0 Å². The second-order valence-electron chi connectivity index (χ2n) is 5.40. The zero-order valence-corrected chi connectivity index (χ0v) is 15.0. The first-order valence-corrected chi connectivity index (χ1v) is 9.06. The van der Waals surface area contributed by atoms with Crippen LogP contribution in [0.2, 0.25) is 0 Å². The van der Waals surface area contributed by atoms with Crippen LogP contribution in [-0.2, 0) is 17.9 Å². The molecule has 0 bridgehead atoms. The first-order chi connectivity index (χ1) is 12.5. The fourth-order valence-corrected chi connectivity index (χ4v) is 2.90. The molecular formula is C16H20F2N4O3S. The summed E-state index contributed by atoms with van der Waals surface area (Å²) in [5, 5.41) is 9.52. The minimum absolute atomic E-state index is 0.0641. The van der Waals surface area contributed by atoms with Gasteiger partial charge in [0, 0.05) is 13.1 Å². The second kappa shape index (κ2) is 9.95. The molecule has 10 heteroatoms. The molecule has 1 heterocycles. The molecule has 0 aliphatic heterocycles. The van der Waals surface area contributed by atoms with Gasteiger partial charge in [-0.05, 0) is 24.1 Å². The Labute approximate surface area is 153 Å². The average molecular weight is 386 g/mol. The Bertz CT molecular complexity index is 762. The van der Waals surface area contributed by atoms with Gasteiger partial charge in [0.05, 0.1) is 5.75 Å². The Morgan fingerprint density at radius 2 is 2.12 bits per heavy atom. The fraction of sp³-hybridized carbons (Fsp3) is 0.438. The number of benzene rings is 1. The van der Waals surface area contributed by atoms with E-state index in [1.807, 2.05) is 6.92 Å². The maximum absolute atomic E-state index is 12.1. The largest absolute Gasteiger partial charge is 0.435 e.